The van der Waals surface area contributed by atoms with Gasteiger partial charge in [-0.25, -0.2) is 4.98 Å². The van der Waals surface area contributed by atoms with E-state index in [4.69, 9.17) is 9.68 Å². The Morgan fingerprint density at radius 3 is 1.81 bits per heavy atom. The summed E-state index contributed by atoms with van der Waals surface area (Å²) < 4.78 is 0. The zero-order valence-electron chi connectivity index (χ0n) is 9.89. The van der Waals surface area contributed by atoms with Crippen LogP contribution < -0.4 is 0 Å². The summed E-state index contributed by atoms with van der Waals surface area (Å²) in [4.78, 5) is 13.8. The SMILES string of the molecule is CO/N=C(\C)c1cccc(/C(C)=N/OC)n1. The average Bonchev–Trinajstić information content (AvgIpc) is 2.30. The van der Waals surface area contributed by atoms with E-state index in [9.17, 15) is 0 Å². The van der Waals surface area contributed by atoms with E-state index >= 15 is 0 Å². The van der Waals surface area contributed by atoms with E-state index < -0.39 is 0 Å². The maximum absolute atomic E-state index is 4.70. The molecule has 0 atom stereocenters. The molecule has 0 saturated carbocycles. The lowest BCUT2D eigenvalue weighted by atomic mass is 10.2. The molecule has 16 heavy (non-hydrogen) atoms. The smallest absolute Gasteiger partial charge is 0.106 e. The van der Waals surface area contributed by atoms with E-state index in [1.165, 1.54) is 14.2 Å². The van der Waals surface area contributed by atoms with Crippen LogP contribution in [0.1, 0.15) is 25.2 Å². The van der Waals surface area contributed by atoms with Crippen LogP contribution in [0, 0.1) is 0 Å². The highest BCUT2D eigenvalue weighted by Crippen LogP contribution is 2.03. The third kappa shape index (κ3) is 3.05. The molecule has 1 aromatic rings. The van der Waals surface area contributed by atoms with E-state index in [1.807, 2.05) is 32.0 Å². The van der Waals surface area contributed by atoms with Crippen LogP contribution in [-0.2, 0) is 9.68 Å². The second kappa shape index (κ2) is 5.85. The average molecular weight is 221 g/mol. The minimum Gasteiger partial charge on any atom is -0.399 e. The number of oxime groups is 2. The Kier molecular flexibility index (Phi) is 4.44. The largest absolute Gasteiger partial charge is 0.399 e. The van der Waals surface area contributed by atoms with Gasteiger partial charge in [0.05, 0.1) is 11.4 Å². The molecule has 86 valence electrons. The van der Waals surface area contributed by atoms with Crippen LogP contribution in [0.2, 0.25) is 0 Å². The molecule has 5 nitrogen and oxygen atoms in total. The third-order valence-corrected chi connectivity index (χ3v) is 1.95. The Hall–Kier alpha value is -1.91. The first-order valence-corrected chi connectivity index (χ1v) is 4.82. The first kappa shape index (κ1) is 12.2. The maximum Gasteiger partial charge on any atom is 0.106 e. The summed E-state index contributed by atoms with van der Waals surface area (Å²) in [6.45, 7) is 3.66. The molecule has 1 heterocycles. The fourth-order valence-electron chi connectivity index (χ4n) is 1.21. The predicted molar refractivity (Wildman–Crippen MR) is 62.7 cm³/mol. The quantitative estimate of drug-likeness (QED) is 0.575. The summed E-state index contributed by atoms with van der Waals surface area (Å²) in [6, 6.07) is 5.61. The van der Waals surface area contributed by atoms with E-state index in [-0.39, 0.29) is 0 Å². The molecule has 0 aromatic carbocycles. The molecule has 0 aliphatic heterocycles. The van der Waals surface area contributed by atoms with E-state index in [0.29, 0.717) is 0 Å². The van der Waals surface area contributed by atoms with Gasteiger partial charge in [0, 0.05) is 0 Å². The van der Waals surface area contributed by atoms with Crippen LogP contribution in [0.5, 0.6) is 0 Å². The second-order valence-electron chi connectivity index (χ2n) is 3.13. The van der Waals surface area contributed by atoms with Gasteiger partial charge in [-0.15, -0.1) is 0 Å². The standard InChI is InChI=1S/C11H15N3O2/c1-8(13-15-3)10-6-5-7-11(12-10)9(2)14-16-4/h5-7H,1-4H3/b13-8+,14-9+. The number of hydrogen-bond donors (Lipinski definition) is 0. The van der Waals surface area contributed by atoms with Gasteiger partial charge in [0.2, 0.25) is 0 Å². The molecular formula is C11H15N3O2. The summed E-state index contributed by atoms with van der Waals surface area (Å²) in [5.41, 5.74) is 2.94. The van der Waals surface area contributed by atoms with E-state index in [1.54, 1.807) is 0 Å². The van der Waals surface area contributed by atoms with Crippen molar-refractivity contribution in [1.29, 1.82) is 0 Å². The van der Waals surface area contributed by atoms with Crippen LogP contribution in [0.4, 0.5) is 0 Å². The summed E-state index contributed by atoms with van der Waals surface area (Å²) in [7, 11) is 3.01. The first-order chi connectivity index (χ1) is 7.69. The van der Waals surface area contributed by atoms with Gasteiger partial charge in [-0.1, -0.05) is 16.4 Å². The summed E-state index contributed by atoms with van der Waals surface area (Å²) in [6.07, 6.45) is 0. The van der Waals surface area contributed by atoms with Gasteiger partial charge in [-0.3, -0.25) is 0 Å². The Bertz CT molecular complexity index is 378. The number of aromatic nitrogens is 1. The van der Waals surface area contributed by atoms with Gasteiger partial charge in [0.15, 0.2) is 0 Å². The molecule has 1 rings (SSSR count). The summed E-state index contributed by atoms with van der Waals surface area (Å²) in [5.74, 6) is 0. The highest BCUT2D eigenvalue weighted by Gasteiger charge is 2.04. The molecule has 5 heteroatoms. The number of hydrogen-bond acceptors (Lipinski definition) is 5. The number of rotatable bonds is 4. The molecule has 0 spiro atoms. The van der Waals surface area contributed by atoms with E-state index in [2.05, 4.69) is 15.3 Å². The van der Waals surface area contributed by atoms with Gasteiger partial charge in [-0.05, 0) is 26.0 Å². The van der Waals surface area contributed by atoms with Crippen LogP contribution in [0.25, 0.3) is 0 Å². The van der Waals surface area contributed by atoms with Crippen LogP contribution in [-0.4, -0.2) is 30.6 Å². The minimum absolute atomic E-state index is 0.717. The Morgan fingerprint density at radius 1 is 1.00 bits per heavy atom. The fraction of sp³-hybridized carbons (Fsp3) is 0.364. The number of pyridine rings is 1. The molecule has 0 aliphatic carbocycles. The van der Waals surface area contributed by atoms with Crippen LogP contribution in [0.3, 0.4) is 0 Å². The molecule has 0 radical (unpaired) electrons. The lowest BCUT2D eigenvalue weighted by Gasteiger charge is -2.02. The highest BCUT2D eigenvalue weighted by molar-refractivity contribution is 6.00. The van der Waals surface area contributed by atoms with Crippen LogP contribution in [0.15, 0.2) is 28.5 Å². The Balaban J connectivity index is 3.04. The predicted octanol–water partition coefficient (Wildman–Crippen LogP) is 1.82. The van der Waals surface area contributed by atoms with Crippen LogP contribution >= 0.6 is 0 Å². The first-order valence-electron chi connectivity index (χ1n) is 4.82. The zero-order valence-corrected chi connectivity index (χ0v) is 9.89. The van der Waals surface area contributed by atoms with Crippen molar-refractivity contribution in [3.8, 4) is 0 Å². The minimum atomic E-state index is 0.717. The van der Waals surface area contributed by atoms with Gasteiger partial charge < -0.3 is 9.68 Å². The molecule has 0 unspecified atom stereocenters. The van der Waals surface area contributed by atoms with Crippen molar-refractivity contribution < 1.29 is 9.68 Å². The van der Waals surface area contributed by atoms with Gasteiger partial charge >= 0.3 is 0 Å². The molecular weight excluding hydrogens is 206 g/mol. The maximum atomic E-state index is 4.70. The lowest BCUT2D eigenvalue weighted by Crippen LogP contribution is -2.05. The Morgan fingerprint density at radius 2 is 1.44 bits per heavy atom. The molecule has 0 amide bonds. The van der Waals surface area contributed by atoms with Crippen molar-refractivity contribution in [2.45, 2.75) is 13.8 Å². The topological polar surface area (TPSA) is 56.1 Å². The normalized spacial score (nSPS) is 12.5. The van der Waals surface area contributed by atoms with Gasteiger partial charge in [-0.2, -0.15) is 0 Å². The molecule has 0 saturated heterocycles. The highest BCUT2D eigenvalue weighted by atomic mass is 16.6. The van der Waals surface area contributed by atoms with Crippen molar-refractivity contribution in [1.82, 2.24) is 4.98 Å². The lowest BCUT2D eigenvalue weighted by molar-refractivity contribution is 0.213. The molecule has 0 fully saturated rings. The van der Waals surface area contributed by atoms with E-state index in [0.717, 1.165) is 22.8 Å². The van der Waals surface area contributed by atoms with Gasteiger partial charge in [0.25, 0.3) is 0 Å². The fourth-order valence-corrected chi connectivity index (χ4v) is 1.21. The molecule has 1 aromatic heterocycles. The second-order valence-corrected chi connectivity index (χ2v) is 3.13. The monoisotopic (exact) mass is 221 g/mol. The van der Waals surface area contributed by atoms with Crippen molar-refractivity contribution in [2.24, 2.45) is 10.3 Å². The van der Waals surface area contributed by atoms with Gasteiger partial charge in [0.1, 0.15) is 25.6 Å². The number of nitrogens with zero attached hydrogens (tertiary/aromatic N) is 3. The molecule has 0 aliphatic rings. The van der Waals surface area contributed by atoms with Crippen molar-refractivity contribution in [3.05, 3.63) is 29.6 Å². The van der Waals surface area contributed by atoms with Crippen molar-refractivity contribution in [2.75, 3.05) is 14.2 Å². The molecule has 0 bridgehead atoms. The van der Waals surface area contributed by atoms with Crippen molar-refractivity contribution >= 4 is 11.4 Å². The summed E-state index contributed by atoms with van der Waals surface area (Å²) in [5, 5.41) is 7.65. The molecule has 0 N–H and O–H groups in total. The Labute approximate surface area is 94.8 Å². The zero-order chi connectivity index (χ0) is 12.0. The summed E-state index contributed by atoms with van der Waals surface area (Å²) >= 11 is 0. The van der Waals surface area contributed by atoms with Crippen molar-refractivity contribution in [3.63, 3.8) is 0 Å². The third-order valence-electron chi connectivity index (χ3n) is 1.95.